The molecule has 0 bridgehead atoms. The Labute approximate surface area is 190 Å². The molecule has 2 aromatic heterocycles. The Morgan fingerprint density at radius 2 is 2.10 bits per heavy atom. The molecule has 0 amide bonds. The summed E-state index contributed by atoms with van der Waals surface area (Å²) in [5.41, 5.74) is 0.622. The minimum atomic E-state index is -4.75. The fourth-order valence-electron chi connectivity index (χ4n) is 3.19. The van der Waals surface area contributed by atoms with Crippen molar-refractivity contribution in [1.82, 2.24) is 4.57 Å². The average molecular weight is 505 g/mol. The van der Waals surface area contributed by atoms with E-state index in [-0.39, 0.29) is 11.3 Å². The number of alkyl halides is 3. The highest BCUT2D eigenvalue weighted by molar-refractivity contribution is 8.08. The summed E-state index contributed by atoms with van der Waals surface area (Å²) in [5, 5.41) is 3.71. The molecule has 12 heteroatoms. The first-order valence-electron chi connectivity index (χ1n) is 9.16. The van der Waals surface area contributed by atoms with Crippen LogP contribution in [0, 0.1) is 0 Å². The second-order valence-corrected chi connectivity index (χ2v) is 9.85. The lowest BCUT2D eigenvalue weighted by molar-refractivity contribution is -0.673. The topological polar surface area (TPSA) is 38.4 Å². The number of halogens is 3. The number of rotatable bonds is 4. The lowest BCUT2D eigenvalue weighted by Gasteiger charge is -2.13. The van der Waals surface area contributed by atoms with Crippen LogP contribution in [0.15, 0.2) is 39.5 Å². The van der Waals surface area contributed by atoms with Gasteiger partial charge in [0.05, 0.1) is 17.1 Å². The minimum absolute atomic E-state index is 0.110. The zero-order valence-corrected chi connectivity index (χ0v) is 20.1. The summed E-state index contributed by atoms with van der Waals surface area (Å²) in [6, 6.07) is 4.20. The standard InChI is InChI=1S/C19H18F3N3O2PS3/c1-3-25-15(9-14-24(10-28)6-7-29-14)31-16(17(25)26)18-23(2)12-5-4-11(8-13(12)30-18)27-19(20,21)22/h4-9H,3,10,28H2,1-2H3/q+1/b18-16+. The number of benzene rings is 1. The van der Waals surface area contributed by atoms with Crippen LogP contribution in [0.2, 0.25) is 0 Å². The van der Waals surface area contributed by atoms with E-state index in [1.807, 2.05) is 29.5 Å². The second kappa shape index (κ2) is 8.61. The SMILES string of the molecule is CCn1c(=O)/c(=C2\Sc3cc(OC(F)(F)F)ccc3N2C)s/c1=C\c1scc[n+]1CP. The van der Waals surface area contributed by atoms with E-state index >= 15 is 0 Å². The maximum absolute atomic E-state index is 13.2. The van der Waals surface area contributed by atoms with Crippen LogP contribution in [0.25, 0.3) is 11.1 Å². The highest BCUT2D eigenvalue weighted by Crippen LogP contribution is 2.47. The summed E-state index contributed by atoms with van der Waals surface area (Å²) in [6.07, 6.45) is -0.0220. The molecule has 3 aromatic rings. The van der Waals surface area contributed by atoms with Gasteiger partial charge in [0.1, 0.15) is 20.0 Å². The number of ether oxygens (including phenoxy) is 1. The molecule has 1 unspecified atom stereocenters. The smallest absolute Gasteiger partial charge is 0.406 e. The van der Waals surface area contributed by atoms with Crippen LogP contribution in [0.1, 0.15) is 11.9 Å². The van der Waals surface area contributed by atoms with Crippen LogP contribution >= 0.6 is 43.7 Å². The molecule has 4 rings (SSSR count). The van der Waals surface area contributed by atoms with Crippen molar-refractivity contribution in [3.8, 4) is 5.75 Å². The average Bonchev–Trinajstić information content (AvgIpc) is 3.37. The van der Waals surface area contributed by atoms with E-state index in [1.54, 1.807) is 29.0 Å². The van der Waals surface area contributed by atoms with Gasteiger partial charge in [-0.2, -0.15) is 4.57 Å². The first-order valence-corrected chi connectivity index (χ1v) is 12.5. The van der Waals surface area contributed by atoms with E-state index in [4.69, 9.17) is 0 Å². The molecule has 1 aliphatic heterocycles. The Morgan fingerprint density at radius 1 is 1.32 bits per heavy atom. The van der Waals surface area contributed by atoms with Crippen LogP contribution in [0.4, 0.5) is 18.9 Å². The maximum Gasteiger partial charge on any atom is 0.573 e. The van der Waals surface area contributed by atoms with E-state index in [0.717, 1.165) is 21.6 Å². The third kappa shape index (κ3) is 4.41. The summed E-state index contributed by atoms with van der Waals surface area (Å²) in [6.45, 7) is 2.44. The van der Waals surface area contributed by atoms with Gasteiger partial charge in [-0.3, -0.25) is 9.36 Å². The Hall–Kier alpha value is -1.81. The number of nitrogens with zero attached hydrogens (tertiary/aromatic N) is 3. The van der Waals surface area contributed by atoms with Gasteiger partial charge in [0.15, 0.2) is 12.5 Å². The van der Waals surface area contributed by atoms with Gasteiger partial charge in [-0.25, -0.2) is 0 Å². The predicted molar refractivity (Wildman–Crippen MR) is 122 cm³/mol. The number of anilines is 1. The number of aromatic nitrogens is 2. The molecule has 31 heavy (non-hydrogen) atoms. The number of thiazole rings is 2. The fraction of sp³-hybridized carbons (Fsp3) is 0.263. The van der Waals surface area contributed by atoms with Gasteiger partial charge >= 0.3 is 6.36 Å². The maximum atomic E-state index is 13.2. The van der Waals surface area contributed by atoms with Gasteiger partial charge in [0.25, 0.3) is 10.6 Å². The number of hydrogen-bond donors (Lipinski definition) is 0. The Kier molecular flexibility index (Phi) is 6.22. The fourth-order valence-corrected chi connectivity index (χ4v) is 6.99. The summed E-state index contributed by atoms with van der Waals surface area (Å²) in [7, 11) is 4.48. The van der Waals surface area contributed by atoms with Crippen molar-refractivity contribution in [2.75, 3.05) is 11.9 Å². The van der Waals surface area contributed by atoms with Crippen molar-refractivity contribution in [2.45, 2.75) is 31.0 Å². The predicted octanol–water partition coefficient (Wildman–Crippen LogP) is 3.15. The minimum Gasteiger partial charge on any atom is -0.406 e. The quantitative estimate of drug-likeness (QED) is 0.404. The van der Waals surface area contributed by atoms with Gasteiger partial charge in [-0.05, 0) is 25.1 Å². The van der Waals surface area contributed by atoms with Gasteiger partial charge < -0.3 is 9.64 Å². The lowest BCUT2D eigenvalue weighted by Crippen LogP contribution is -2.34. The van der Waals surface area contributed by atoms with Crippen molar-refractivity contribution < 1.29 is 22.5 Å². The molecule has 0 aliphatic carbocycles. The summed E-state index contributed by atoms with van der Waals surface area (Å²) >= 11 is 4.25. The zero-order chi connectivity index (χ0) is 22.3. The van der Waals surface area contributed by atoms with Gasteiger partial charge in [0, 0.05) is 18.5 Å². The largest absolute Gasteiger partial charge is 0.573 e. The van der Waals surface area contributed by atoms with E-state index in [1.165, 1.54) is 35.2 Å². The van der Waals surface area contributed by atoms with Gasteiger partial charge in [-0.15, -0.1) is 24.5 Å². The molecule has 0 spiro atoms. The van der Waals surface area contributed by atoms with E-state index < -0.39 is 6.36 Å². The normalized spacial score (nSPS) is 16.2. The van der Waals surface area contributed by atoms with Crippen LogP contribution in [-0.2, 0) is 12.8 Å². The molecule has 1 atom stereocenters. The molecule has 164 valence electrons. The molecule has 0 saturated heterocycles. The second-order valence-electron chi connectivity index (χ2n) is 6.50. The van der Waals surface area contributed by atoms with Crippen LogP contribution < -0.4 is 29.0 Å². The number of thioether (sulfide) groups is 1. The van der Waals surface area contributed by atoms with Crippen molar-refractivity contribution in [2.24, 2.45) is 0 Å². The molecule has 0 N–H and O–H groups in total. The lowest BCUT2D eigenvalue weighted by atomic mass is 10.3. The third-order valence-corrected chi connectivity index (χ3v) is 8.33. The van der Waals surface area contributed by atoms with Crippen molar-refractivity contribution >= 4 is 60.5 Å². The molecule has 1 aromatic carbocycles. The first-order chi connectivity index (χ1) is 14.7. The van der Waals surface area contributed by atoms with Crippen LogP contribution in [-0.4, -0.2) is 18.0 Å². The van der Waals surface area contributed by atoms with Gasteiger partial charge in [-0.1, -0.05) is 32.3 Å². The molecule has 0 fully saturated rings. The van der Waals surface area contributed by atoms with E-state index in [2.05, 4.69) is 18.5 Å². The summed E-state index contributed by atoms with van der Waals surface area (Å²) < 4.78 is 46.9. The van der Waals surface area contributed by atoms with Crippen molar-refractivity contribution in [3.63, 3.8) is 0 Å². The van der Waals surface area contributed by atoms with E-state index in [0.29, 0.717) is 21.0 Å². The Bertz CT molecular complexity index is 1310. The molecular formula is C19H18F3N3O2PS3+. The van der Waals surface area contributed by atoms with Crippen molar-refractivity contribution in [1.29, 1.82) is 0 Å². The number of hydrogen-bond acceptors (Lipinski definition) is 6. The number of fused-ring (bicyclic) bond motifs is 1. The summed E-state index contributed by atoms with van der Waals surface area (Å²) in [4.78, 5) is 15.6. The van der Waals surface area contributed by atoms with Crippen LogP contribution in [0.3, 0.4) is 0 Å². The van der Waals surface area contributed by atoms with E-state index in [9.17, 15) is 18.0 Å². The molecular weight excluding hydrogens is 486 g/mol. The zero-order valence-electron chi connectivity index (χ0n) is 16.5. The van der Waals surface area contributed by atoms with Crippen LogP contribution in [0.5, 0.6) is 5.75 Å². The monoisotopic (exact) mass is 504 g/mol. The summed E-state index contributed by atoms with van der Waals surface area (Å²) in [5.74, 6) is -0.278. The third-order valence-electron chi connectivity index (χ3n) is 4.62. The van der Waals surface area contributed by atoms with Gasteiger partial charge in [0.2, 0.25) is 0 Å². The molecule has 3 heterocycles. The van der Waals surface area contributed by atoms with Crippen molar-refractivity contribution in [3.05, 3.63) is 54.3 Å². The first kappa shape index (κ1) is 22.4. The molecule has 1 aliphatic rings. The highest BCUT2D eigenvalue weighted by atomic mass is 32.2. The Morgan fingerprint density at radius 3 is 2.77 bits per heavy atom. The molecule has 0 saturated carbocycles. The molecule has 0 radical (unpaired) electrons. The molecule has 5 nitrogen and oxygen atoms in total. The highest BCUT2D eigenvalue weighted by Gasteiger charge is 2.32. The Balaban J connectivity index is 1.82.